The molecule has 1 aliphatic heterocycles. The molecule has 0 spiro atoms. The first-order valence-electron chi connectivity index (χ1n) is 15.2. The topological polar surface area (TPSA) is 99.6 Å². The Hall–Kier alpha value is -4.28. The van der Waals surface area contributed by atoms with Crippen molar-refractivity contribution < 1.29 is 9.59 Å². The van der Waals surface area contributed by atoms with E-state index in [1.54, 1.807) is 24.6 Å². The van der Waals surface area contributed by atoms with Gasteiger partial charge in [-0.2, -0.15) is 0 Å². The van der Waals surface area contributed by atoms with Crippen molar-refractivity contribution in [3.05, 3.63) is 91.5 Å². The van der Waals surface area contributed by atoms with E-state index in [9.17, 15) is 14.4 Å². The van der Waals surface area contributed by atoms with Crippen molar-refractivity contribution in [1.29, 1.82) is 0 Å². The van der Waals surface area contributed by atoms with E-state index in [0.29, 0.717) is 23.6 Å². The fraction of sp³-hybridized carbons (Fsp3) is 0.353. The van der Waals surface area contributed by atoms with Crippen molar-refractivity contribution in [3.63, 3.8) is 0 Å². The number of nitrogens with one attached hydrogen (secondary N) is 2. The summed E-state index contributed by atoms with van der Waals surface area (Å²) in [7, 11) is 3.67. The third-order valence-corrected chi connectivity index (χ3v) is 9.97. The van der Waals surface area contributed by atoms with Gasteiger partial charge in [0.1, 0.15) is 6.04 Å². The van der Waals surface area contributed by atoms with Gasteiger partial charge in [0.05, 0.1) is 10.6 Å². The minimum Gasteiger partial charge on any atom is -0.340 e. The summed E-state index contributed by atoms with van der Waals surface area (Å²) < 4.78 is 1.51. The highest BCUT2D eigenvalue weighted by atomic mass is 32.1. The van der Waals surface area contributed by atoms with E-state index in [0.717, 1.165) is 47.5 Å². The fourth-order valence-electron chi connectivity index (χ4n) is 6.13. The summed E-state index contributed by atoms with van der Waals surface area (Å²) in [5.74, 6) is 0.194. The van der Waals surface area contributed by atoms with Crippen LogP contribution in [0, 0.1) is 6.92 Å². The molecule has 44 heavy (non-hydrogen) atoms. The lowest BCUT2D eigenvalue weighted by Gasteiger charge is -2.38. The van der Waals surface area contributed by atoms with Gasteiger partial charge in [0, 0.05) is 54.7 Å². The number of amides is 2. The van der Waals surface area contributed by atoms with Crippen LogP contribution in [-0.2, 0) is 24.7 Å². The highest BCUT2D eigenvalue weighted by molar-refractivity contribution is 7.14. The average molecular weight is 611 g/mol. The molecule has 0 unspecified atom stereocenters. The van der Waals surface area contributed by atoms with Gasteiger partial charge in [-0.05, 0) is 87.5 Å². The normalized spacial score (nSPS) is 17.0. The second-order valence-electron chi connectivity index (χ2n) is 11.6. The molecule has 9 nitrogen and oxygen atoms in total. The van der Waals surface area contributed by atoms with E-state index < -0.39 is 0 Å². The number of thiophene rings is 1. The third kappa shape index (κ3) is 5.79. The van der Waals surface area contributed by atoms with Crippen LogP contribution in [0.2, 0.25) is 0 Å². The molecule has 1 saturated heterocycles. The van der Waals surface area contributed by atoms with Crippen LogP contribution >= 0.6 is 11.3 Å². The monoisotopic (exact) mass is 610 g/mol. The van der Waals surface area contributed by atoms with Crippen molar-refractivity contribution in [2.45, 2.75) is 45.6 Å². The minimum atomic E-state index is -0.326. The molecule has 1 fully saturated rings. The number of hydrogen-bond donors (Lipinski definition) is 2. The lowest BCUT2D eigenvalue weighted by atomic mass is 9.99. The summed E-state index contributed by atoms with van der Waals surface area (Å²) in [6.45, 7) is 6.19. The van der Waals surface area contributed by atoms with Crippen molar-refractivity contribution in [1.82, 2.24) is 19.4 Å². The molecule has 228 valence electrons. The SMILES string of the molecule is CCN1CCN(C)[C@H](c2ccc(Nc3nc(-c4cccc(NC(=O)c5cc6c(s5)CCCC6)c4C)cn(C)c3=O)cc2)C1=O. The predicted molar refractivity (Wildman–Crippen MR) is 176 cm³/mol. The maximum atomic E-state index is 13.2. The van der Waals surface area contributed by atoms with Crippen molar-refractivity contribution in [2.24, 2.45) is 7.05 Å². The molecule has 2 aromatic heterocycles. The maximum absolute atomic E-state index is 13.2. The van der Waals surface area contributed by atoms with Gasteiger partial charge < -0.3 is 20.1 Å². The first-order valence-corrected chi connectivity index (χ1v) is 16.0. The molecule has 1 aliphatic carbocycles. The van der Waals surface area contributed by atoms with Gasteiger partial charge in [-0.1, -0.05) is 24.3 Å². The number of piperazine rings is 1. The Labute approximate surface area is 261 Å². The van der Waals surface area contributed by atoms with E-state index in [1.807, 2.05) is 74.3 Å². The van der Waals surface area contributed by atoms with Gasteiger partial charge in [-0.3, -0.25) is 19.3 Å². The quantitative estimate of drug-likeness (QED) is 0.286. The van der Waals surface area contributed by atoms with E-state index in [2.05, 4.69) is 15.5 Å². The van der Waals surface area contributed by atoms with E-state index >= 15 is 0 Å². The Balaban J connectivity index is 1.23. The van der Waals surface area contributed by atoms with E-state index in [4.69, 9.17) is 4.98 Å². The number of rotatable bonds is 7. The molecule has 2 aliphatic rings. The summed E-state index contributed by atoms with van der Waals surface area (Å²) in [5.41, 5.74) is 5.66. The number of carbonyl (C=O) groups is 2. The minimum absolute atomic E-state index is 0.104. The molecule has 2 amide bonds. The summed E-state index contributed by atoms with van der Waals surface area (Å²) >= 11 is 1.59. The van der Waals surface area contributed by atoms with Gasteiger partial charge >= 0.3 is 0 Å². The number of nitrogens with zero attached hydrogens (tertiary/aromatic N) is 4. The number of anilines is 3. The molecule has 0 bridgehead atoms. The second-order valence-corrected chi connectivity index (χ2v) is 12.8. The van der Waals surface area contributed by atoms with Crippen LogP contribution < -0.4 is 16.2 Å². The van der Waals surface area contributed by atoms with Crippen LogP contribution in [0.3, 0.4) is 0 Å². The zero-order valence-electron chi connectivity index (χ0n) is 25.6. The van der Waals surface area contributed by atoms with Crippen molar-refractivity contribution in [2.75, 3.05) is 37.3 Å². The van der Waals surface area contributed by atoms with Gasteiger partial charge in [0.2, 0.25) is 5.91 Å². The highest BCUT2D eigenvalue weighted by Gasteiger charge is 2.33. The van der Waals surface area contributed by atoms with Crippen LogP contribution in [0.1, 0.15) is 57.0 Å². The number of aromatic nitrogens is 2. The van der Waals surface area contributed by atoms with Crippen molar-refractivity contribution in [3.8, 4) is 11.3 Å². The largest absolute Gasteiger partial charge is 0.340 e. The number of carbonyl (C=O) groups excluding carboxylic acids is 2. The summed E-state index contributed by atoms with van der Waals surface area (Å²) in [5, 5.41) is 6.29. The molecule has 2 N–H and O–H groups in total. The Morgan fingerprint density at radius 1 is 1.05 bits per heavy atom. The standard InChI is InChI=1S/C34H38N6O3S/c1-5-40-18-17-38(3)30(33(40)42)22-13-15-24(16-14-22)35-31-34(43)39(4)20-27(36-31)25-10-8-11-26(21(25)2)37-32(41)29-19-23-9-6-7-12-28(23)44-29/h8,10-11,13-16,19-20,30H,5-7,9,12,17-18H2,1-4H3,(H,35,36)(H,37,41)/t30-/m1/s1. The predicted octanol–water partition coefficient (Wildman–Crippen LogP) is 5.53. The molecule has 0 radical (unpaired) electrons. The molecule has 2 aromatic carbocycles. The molecule has 6 rings (SSSR count). The molecule has 0 saturated carbocycles. The van der Waals surface area contributed by atoms with Crippen LogP contribution in [0.25, 0.3) is 11.3 Å². The summed E-state index contributed by atoms with van der Waals surface area (Å²) in [6, 6.07) is 15.0. The smallest absolute Gasteiger partial charge is 0.293 e. The lowest BCUT2D eigenvalue weighted by molar-refractivity contribution is -0.140. The zero-order valence-corrected chi connectivity index (χ0v) is 26.5. The highest BCUT2D eigenvalue weighted by Crippen LogP contribution is 2.32. The van der Waals surface area contributed by atoms with Gasteiger partial charge in [-0.15, -0.1) is 11.3 Å². The molecular weight excluding hydrogens is 572 g/mol. The van der Waals surface area contributed by atoms with Crippen LogP contribution in [0.4, 0.5) is 17.2 Å². The number of fused-ring (bicyclic) bond motifs is 1. The maximum Gasteiger partial charge on any atom is 0.293 e. The van der Waals surface area contributed by atoms with E-state index in [1.165, 1.54) is 27.8 Å². The molecular formula is C34H38N6O3S. The summed E-state index contributed by atoms with van der Waals surface area (Å²) in [4.78, 5) is 50.0. The van der Waals surface area contributed by atoms with Gasteiger partial charge in [0.15, 0.2) is 5.82 Å². The first-order chi connectivity index (χ1) is 21.2. The third-order valence-electron chi connectivity index (χ3n) is 8.73. The Morgan fingerprint density at radius 2 is 1.82 bits per heavy atom. The Kier molecular flexibility index (Phi) is 8.38. The zero-order chi connectivity index (χ0) is 31.0. The lowest BCUT2D eigenvalue weighted by Crippen LogP contribution is -2.50. The fourth-order valence-corrected chi connectivity index (χ4v) is 7.28. The van der Waals surface area contributed by atoms with Crippen LogP contribution in [-0.4, -0.2) is 57.8 Å². The second kappa shape index (κ2) is 12.4. The number of aryl methyl sites for hydroxylation is 3. The summed E-state index contributed by atoms with van der Waals surface area (Å²) in [6.07, 6.45) is 6.17. The Morgan fingerprint density at radius 3 is 2.57 bits per heavy atom. The molecule has 3 heterocycles. The molecule has 10 heteroatoms. The van der Waals surface area contributed by atoms with Crippen LogP contribution in [0.5, 0.6) is 0 Å². The van der Waals surface area contributed by atoms with Gasteiger partial charge in [-0.25, -0.2) is 4.98 Å². The average Bonchev–Trinajstić information content (AvgIpc) is 3.46. The Bertz CT molecular complexity index is 1750. The first kappa shape index (κ1) is 29.8. The number of likely N-dealkylation sites (N-methyl/N-ethyl adjacent to an activating group) is 2. The van der Waals surface area contributed by atoms with Gasteiger partial charge in [0.25, 0.3) is 11.5 Å². The molecule has 1 atom stereocenters. The molecule has 4 aromatic rings. The van der Waals surface area contributed by atoms with Crippen molar-refractivity contribution >= 4 is 40.3 Å². The number of benzene rings is 2. The van der Waals surface area contributed by atoms with Crippen LogP contribution in [0.15, 0.2) is 59.5 Å². The van der Waals surface area contributed by atoms with E-state index in [-0.39, 0.29) is 29.2 Å². The number of hydrogen-bond acceptors (Lipinski definition) is 7.